The molecule has 4 nitrogen and oxygen atoms in total. The van der Waals surface area contributed by atoms with Crippen LogP contribution in [0.4, 0.5) is 0 Å². The molecule has 1 aromatic heterocycles. The molecule has 0 spiro atoms. The van der Waals surface area contributed by atoms with Gasteiger partial charge in [-0.3, -0.25) is 9.88 Å². The fraction of sp³-hybridized carbons (Fsp3) is 0.750. The molecule has 2 atom stereocenters. The van der Waals surface area contributed by atoms with E-state index in [0.29, 0.717) is 12.2 Å². The number of nitrogens with zero attached hydrogens (tertiary/aromatic N) is 3. The first-order valence-electron chi connectivity index (χ1n) is 9.68. The van der Waals surface area contributed by atoms with Gasteiger partial charge in [-0.1, -0.05) is 6.07 Å². The highest BCUT2D eigenvalue weighted by molar-refractivity contribution is 5.08. The molecule has 2 fully saturated rings. The van der Waals surface area contributed by atoms with Crippen LogP contribution in [0.25, 0.3) is 0 Å². The van der Waals surface area contributed by atoms with E-state index in [4.69, 9.17) is 4.74 Å². The second-order valence-electron chi connectivity index (χ2n) is 7.70. The third-order valence-corrected chi connectivity index (χ3v) is 5.50. The van der Waals surface area contributed by atoms with Gasteiger partial charge < -0.3 is 9.64 Å². The minimum atomic E-state index is 0.392. The Kier molecular flexibility index (Phi) is 6.64. The molecule has 2 aliphatic heterocycles. The van der Waals surface area contributed by atoms with Crippen molar-refractivity contribution in [2.45, 2.75) is 51.7 Å². The average molecular weight is 332 g/mol. The Hall–Kier alpha value is -0.970. The van der Waals surface area contributed by atoms with Crippen LogP contribution in [0.2, 0.25) is 0 Å². The fourth-order valence-corrected chi connectivity index (χ4v) is 4.16. The third kappa shape index (κ3) is 5.54. The highest BCUT2D eigenvalue weighted by Crippen LogP contribution is 2.22. The molecule has 0 N–H and O–H groups in total. The molecule has 2 unspecified atom stereocenters. The zero-order valence-electron chi connectivity index (χ0n) is 15.4. The van der Waals surface area contributed by atoms with Crippen molar-refractivity contribution in [1.82, 2.24) is 14.8 Å². The first-order valence-corrected chi connectivity index (χ1v) is 9.68. The number of morpholine rings is 1. The summed E-state index contributed by atoms with van der Waals surface area (Å²) in [6.07, 6.45) is 9.84. The number of piperidine rings is 1. The average Bonchev–Trinajstić information content (AvgIpc) is 2.59. The van der Waals surface area contributed by atoms with Crippen LogP contribution in [0, 0.1) is 5.92 Å². The molecular formula is C20H33N3O. The molecule has 2 aliphatic rings. The van der Waals surface area contributed by atoms with Crippen molar-refractivity contribution < 1.29 is 4.74 Å². The number of ether oxygens (including phenoxy) is 1. The molecule has 0 radical (unpaired) electrons. The molecule has 3 heterocycles. The van der Waals surface area contributed by atoms with E-state index in [2.05, 4.69) is 34.7 Å². The van der Waals surface area contributed by atoms with Gasteiger partial charge in [0.2, 0.25) is 0 Å². The van der Waals surface area contributed by atoms with Gasteiger partial charge in [-0.25, -0.2) is 0 Å². The Balaban J connectivity index is 1.32. The number of pyridine rings is 1. The number of hydrogen-bond acceptors (Lipinski definition) is 4. The second-order valence-corrected chi connectivity index (χ2v) is 7.70. The van der Waals surface area contributed by atoms with Gasteiger partial charge in [-0.2, -0.15) is 0 Å². The predicted octanol–water partition coefficient (Wildman–Crippen LogP) is 2.84. The Morgan fingerprint density at radius 1 is 1.08 bits per heavy atom. The van der Waals surface area contributed by atoms with Gasteiger partial charge in [-0.15, -0.1) is 0 Å². The summed E-state index contributed by atoms with van der Waals surface area (Å²) < 4.78 is 5.83. The first kappa shape index (κ1) is 17.8. The van der Waals surface area contributed by atoms with E-state index in [0.717, 1.165) is 25.4 Å². The van der Waals surface area contributed by atoms with Crippen LogP contribution in [0.15, 0.2) is 24.5 Å². The summed E-state index contributed by atoms with van der Waals surface area (Å²) in [5, 5.41) is 0. The molecule has 0 aliphatic carbocycles. The van der Waals surface area contributed by atoms with Crippen LogP contribution in [0.1, 0.15) is 38.7 Å². The second kappa shape index (κ2) is 8.93. The molecule has 0 amide bonds. The number of aromatic nitrogens is 1. The van der Waals surface area contributed by atoms with Crippen LogP contribution in [-0.2, 0) is 11.2 Å². The Morgan fingerprint density at radius 2 is 1.83 bits per heavy atom. The summed E-state index contributed by atoms with van der Waals surface area (Å²) in [7, 11) is 0. The highest BCUT2D eigenvalue weighted by atomic mass is 16.5. The van der Waals surface area contributed by atoms with Crippen molar-refractivity contribution in [3.63, 3.8) is 0 Å². The van der Waals surface area contributed by atoms with E-state index >= 15 is 0 Å². The molecule has 24 heavy (non-hydrogen) atoms. The van der Waals surface area contributed by atoms with Crippen molar-refractivity contribution in [1.29, 1.82) is 0 Å². The van der Waals surface area contributed by atoms with Crippen LogP contribution in [-0.4, -0.2) is 66.3 Å². The maximum Gasteiger partial charge on any atom is 0.0678 e. The van der Waals surface area contributed by atoms with Crippen molar-refractivity contribution in [2.75, 3.05) is 39.3 Å². The standard InChI is InChI=1S/C20H33N3O/c1-17-15-23(16-18(2)24-17)13-7-19-5-10-22(11-6-19)12-8-20-4-3-9-21-14-20/h3-4,9,14,17-19H,5-8,10-13,15-16H2,1-2H3. The summed E-state index contributed by atoms with van der Waals surface area (Å²) in [5.74, 6) is 0.910. The maximum absolute atomic E-state index is 5.83. The predicted molar refractivity (Wildman–Crippen MR) is 98.2 cm³/mol. The molecule has 0 bridgehead atoms. The molecule has 0 saturated carbocycles. The van der Waals surface area contributed by atoms with Gasteiger partial charge in [0.1, 0.15) is 0 Å². The van der Waals surface area contributed by atoms with Gasteiger partial charge in [0, 0.05) is 32.0 Å². The molecule has 3 rings (SSSR count). The largest absolute Gasteiger partial charge is 0.373 e. The quantitative estimate of drug-likeness (QED) is 0.801. The Labute approximate surface area is 147 Å². The lowest BCUT2D eigenvalue weighted by atomic mass is 9.93. The van der Waals surface area contributed by atoms with E-state index in [1.807, 2.05) is 18.5 Å². The van der Waals surface area contributed by atoms with Gasteiger partial charge in [0.25, 0.3) is 0 Å². The van der Waals surface area contributed by atoms with E-state index in [-0.39, 0.29) is 0 Å². The van der Waals surface area contributed by atoms with Crippen LogP contribution in [0.3, 0.4) is 0 Å². The molecular weight excluding hydrogens is 298 g/mol. The normalized spacial score (nSPS) is 27.4. The van der Waals surface area contributed by atoms with Crippen LogP contribution >= 0.6 is 0 Å². The van der Waals surface area contributed by atoms with Crippen molar-refractivity contribution in [2.24, 2.45) is 5.92 Å². The highest BCUT2D eigenvalue weighted by Gasteiger charge is 2.24. The summed E-state index contributed by atoms with van der Waals surface area (Å²) in [6.45, 7) is 11.6. The third-order valence-electron chi connectivity index (χ3n) is 5.50. The SMILES string of the molecule is CC1CN(CCC2CCN(CCc3cccnc3)CC2)CC(C)O1. The van der Waals surface area contributed by atoms with Crippen molar-refractivity contribution >= 4 is 0 Å². The first-order chi connectivity index (χ1) is 11.7. The zero-order chi connectivity index (χ0) is 16.8. The van der Waals surface area contributed by atoms with Gasteiger partial charge >= 0.3 is 0 Å². The van der Waals surface area contributed by atoms with Gasteiger partial charge in [0.15, 0.2) is 0 Å². The summed E-state index contributed by atoms with van der Waals surface area (Å²) in [5.41, 5.74) is 1.36. The van der Waals surface area contributed by atoms with Crippen molar-refractivity contribution in [3.8, 4) is 0 Å². The molecule has 2 saturated heterocycles. The summed E-state index contributed by atoms with van der Waals surface area (Å²) in [4.78, 5) is 9.44. The number of rotatable bonds is 6. The fourth-order valence-electron chi connectivity index (χ4n) is 4.16. The maximum atomic E-state index is 5.83. The van der Waals surface area contributed by atoms with Crippen LogP contribution in [0.5, 0.6) is 0 Å². The van der Waals surface area contributed by atoms with E-state index < -0.39 is 0 Å². The van der Waals surface area contributed by atoms with E-state index in [1.54, 1.807) is 0 Å². The topological polar surface area (TPSA) is 28.6 Å². The van der Waals surface area contributed by atoms with Gasteiger partial charge in [-0.05, 0) is 76.7 Å². The smallest absolute Gasteiger partial charge is 0.0678 e. The Morgan fingerprint density at radius 3 is 2.50 bits per heavy atom. The van der Waals surface area contributed by atoms with Gasteiger partial charge in [0.05, 0.1) is 12.2 Å². The lowest BCUT2D eigenvalue weighted by Crippen LogP contribution is -2.46. The molecule has 4 heteroatoms. The molecule has 1 aromatic rings. The number of likely N-dealkylation sites (tertiary alicyclic amines) is 1. The zero-order valence-corrected chi connectivity index (χ0v) is 15.4. The minimum Gasteiger partial charge on any atom is -0.373 e. The molecule has 0 aromatic carbocycles. The monoisotopic (exact) mass is 331 g/mol. The molecule has 134 valence electrons. The lowest BCUT2D eigenvalue weighted by molar-refractivity contribution is -0.0693. The summed E-state index contributed by atoms with van der Waals surface area (Å²) in [6, 6.07) is 4.22. The minimum absolute atomic E-state index is 0.392. The summed E-state index contributed by atoms with van der Waals surface area (Å²) >= 11 is 0. The Bertz CT molecular complexity index is 463. The lowest BCUT2D eigenvalue weighted by Gasteiger charge is -2.37. The van der Waals surface area contributed by atoms with E-state index in [9.17, 15) is 0 Å². The van der Waals surface area contributed by atoms with Crippen molar-refractivity contribution in [3.05, 3.63) is 30.1 Å². The van der Waals surface area contributed by atoms with E-state index in [1.165, 1.54) is 51.0 Å². The number of hydrogen-bond donors (Lipinski definition) is 0. The van der Waals surface area contributed by atoms with Crippen LogP contribution < -0.4 is 0 Å².